The lowest BCUT2D eigenvalue weighted by Gasteiger charge is -2.17. The van der Waals surface area contributed by atoms with E-state index in [9.17, 15) is 9.18 Å². The van der Waals surface area contributed by atoms with Crippen LogP contribution in [0.15, 0.2) is 40.9 Å². The van der Waals surface area contributed by atoms with Crippen molar-refractivity contribution in [3.63, 3.8) is 0 Å². The van der Waals surface area contributed by atoms with Crippen LogP contribution in [-0.4, -0.2) is 11.9 Å². The van der Waals surface area contributed by atoms with Crippen LogP contribution in [-0.2, 0) is 0 Å². The fourth-order valence-electron chi connectivity index (χ4n) is 1.92. The molecule has 0 amide bonds. The monoisotopic (exact) mass is 370 g/mol. The summed E-state index contributed by atoms with van der Waals surface area (Å²) in [5, 5.41) is 0.431. The molecule has 21 heavy (non-hydrogen) atoms. The van der Waals surface area contributed by atoms with Gasteiger partial charge >= 0.3 is 0 Å². The van der Waals surface area contributed by atoms with Crippen LogP contribution < -0.4 is 4.74 Å². The van der Waals surface area contributed by atoms with Crippen molar-refractivity contribution in [2.45, 2.75) is 20.0 Å². The zero-order valence-electron chi connectivity index (χ0n) is 11.5. The molecule has 0 aliphatic rings. The first-order valence-electron chi connectivity index (χ1n) is 6.30. The normalized spacial score (nSPS) is 12.0. The average molecular weight is 372 g/mol. The van der Waals surface area contributed by atoms with Gasteiger partial charge in [-0.2, -0.15) is 0 Å². The molecule has 0 spiro atoms. The number of rotatable bonds is 4. The minimum Gasteiger partial charge on any atom is -0.481 e. The molecule has 0 aliphatic carbocycles. The molecule has 2 aromatic rings. The molecule has 0 fully saturated rings. The van der Waals surface area contributed by atoms with Crippen molar-refractivity contribution in [2.75, 3.05) is 0 Å². The molecular weight excluding hydrogens is 359 g/mol. The highest BCUT2D eigenvalue weighted by Crippen LogP contribution is 2.33. The Morgan fingerprint density at radius 1 is 1.29 bits per heavy atom. The maximum atomic E-state index is 12.9. The Balaban J connectivity index is 2.20. The molecule has 5 heteroatoms. The molecule has 2 aromatic carbocycles. The number of hydrogen-bond acceptors (Lipinski definition) is 2. The molecule has 0 radical (unpaired) electrons. The van der Waals surface area contributed by atoms with Gasteiger partial charge in [0.05, 0.1) is 5.02 Å². The average Bonchev–Trinajstić information content (AvgIpc) is 2.42. The smallest absolute Gasteiger partial charge is 0.202 e. The number of halogens is 3. The molecule has 0 aliphatic heterocycles. The largest absolute Gasteiger partial charge is 0.481 e. The van der Waals surface area contributed by atoms with Crippen LogP contribution >= 0.6 is 27.5 Å². The van der Waals surface area contributed by atoms with Crippen molar-refractivity contribution >= 4 is 33.3 Å². The number of ketones is 1. The first-order chi connectivity index (χ1) is 9.88. The topological polar surface area (TPSA) is 26.3 Å². The Kier molecular flexibility index (Phi) is 5.01. The summed E-state index contributed by atoms with van der Waals surface area (Å²) in [6.45, 7) is 3.49. The van der Waals surface area contributed by atoms with E-state index >= 15 is 0 Å². The number of aryl methyl sites for hydroxylation is 1. The first kappa shape index (κ1) is 16.0. The molecule has 1 atom stereocenters. The van der Waals surface area contributed by atoms with Crippen molar-refractivity contribution in [2.24, 2.45) is 0 Å². The van der Waals surface area contributed by atoms with Crippen molar-refractivity contribution in [3.05, 3.63) is 62.8 Å². The van der Waals surface area contributed by atoms with Gasteiger partial charge in [0.15, 0.2) is 6.10 Å². The third-order valence-corrected chi connectivity index (χ3v) is 3.73. The molecule has 0 heterocycles. The molecule has 2 rings (SSSR count). The van der Waals surface area contributed by atoms with E-state index in [2.05, 4.69) is 15.9 Å². The molecule has 0 aromatic heterocycles. The molecule has 0 bridgehead atoms. The Bertz CT molecular complexity index is 647. The minimum absolute atomic E-state index is 0.228. The Morgan fingerprint density at radius 2 is 1.90 bits per heavy atom. The van der Waals surface area contributed by atoms with Gasteiger partial charge in [-0.1, -0.05) is 27.5 Å². The highest BCUT2D eigenvalue weighted by atomic mass is 79.9. The molecule has 0 N–H and O–H groups in total. The van der Waals surface area contributed by atoms with Gasteiger partial charge in [-0.15, -0.1) is 0 Å². The van der Waals surface area contributed by atoms with E-state index in [0.717, 1.165) is 10.0 Å². The lowest BCUT2D eigenvalue weighted by Crippen LogP contribution is -2.24. The van der Waals surface area contributed by atoms with Crippen molar-refractivity contribution in [3.8, 4) is 5.75 Å². The van der Waals surface area contributed by atoms with Gasteiger partial charge in [0.1, 0.15) is 11.6 Å². The third-order valence-electron chi connectivity index (χ3n) is 2.99. The number of Topliss-reactive ketones (excluding diaryl/α,β-unsaturated/α-hetero) is 1. The van der Waals surface area contributed by atoms with E-state index in [1.165, 1.54) is 24.3 Å². The molecular formula is C16H13BrClFO2. The van der Waals surface area contributed by atoms with Crippen LogP contribution in [0.4, 0.5) is 4.39 Å². The maximum Gasteiger partial charge on any atom is 0.202 e. The number of benzene rings is 2. The minimum atomic E-state index is -0.715. The number of hydrogen-bond donors (Lipinski definition) is 0. The maximum absolute atomic E-state index is 12.9. The fourth-order valence-corrected chi connectivity index (χ4v) is 2.93. The Labute approximate surface area is 136 Å². The van der Waals surface area contributed by atoms with Crippen LogP contribution in [0.25, 0.3) is 0 Å². The second kappa shape index (κ2) is 6.58. The summed E-state index contributed by atoms with van der Waals surface area (Å²) >= 11 is 9.48. The van der Waals surface area contributed by atoms with E-state index in [-0.39, 0.29) is 11.6 Å². The number of carbonyl (C=O) groups excluding carboxylic acids is 1. The van der Waals surface area contributed by atoms with Crippen LogP contribution in [0, 0.1) is 12.7 Å². The van der Waals surface area contributed by atoms with Crippen molar-refractivity contribution < 1.29 is 13.9 Å². The van der Waals surface area contributed by atoms with Gasteiger partial charge in [-0.25, -0.2) is 4.39 Å². The van der Waals surface area contributed by atoms with Gasteiger partial charge < -0.3 is 4.74 Å². The molecule has 0 saturated carbocycles. The van der Waals surface area contributed by atoms with Gasteiger partial charge in [0.25, 0.3) is 0 Å². The second-order valence-corrected chi connectivity index (χ2v) is 5.99. The van der Waals surface area contributed by atoms with Crippen LogP contribution in [0.3, 0.4) is 0 Å². The quantitative estimate of drug-likeness (QED) is 0.690. The number of carbonyl (C=O) groups is 1. The summed E-state index contributed by atoms with van der Waals surface area (Å²) in [5.41, 5.74) is 1.22. The first-order valence-corrected chi connectivity index (χ1v) is 7.47. The van der Waals surface area contributed by atoms with E-state index in [4.69, 9.17) is 16.3 Å². The summed E-state index contributed by atoms with van der Waals surface area (Å²) in [6.07, 6.45) is -0.715. The van der Waals surface area contributed by atoms with Crippen molar-refractivity contribution in [1.82, 2.24) is 0 Å². The SMILES string of the molecule is Cc1cc(Br)cc(Cl)c1OC(C)C(=O)c1ccc(F)cc1. The number of ether oxygens (including phenoxy) is 1. The summed E-state index contributed by atoms with van der Waals surface area (Å²) in [7, 11) is 0. The highest BCUT2D eigenvalue weighted by Gasteiger charge is 2.19. The molecule has 2 nitrogen and oxygen atoms in total. The van der Waals surface area contributed by atoms with Crippen LogP contribution in [0.1, 0.15) is 22.8 Å². The summed E-state index contributed by atoms with van der Waals surface area (Å²) in [5.74, 6) is -0.136. The third kappa shape index (κ3) is 3.83. The zero-order chi connectivity index (χ0) is 15.6. The van der Waals surface area contributed by atoms with Gasteiger partial charge in [-0.3, -0.25) is 4.79 Å². The van der Waals surface area contributed by atoms with Crippen molar-refractivity contribution in [1.29, 1.82) is 0 Å². The van der Waals surface area contributed by atoms with Gasteiger partial charge in [0, 0.05) is 10.0 Å². The summed E-state index contributed by atoms with van der Waals surface area (Å²) < 4.78 is 19.4. The van der Waals surface area contributed by atoms with Crippen LogP contribution in [0.2, 0.25) is 5.02 Å². The van der Waals surface area contributed by atoms with E-state index in [1.54, 1.807) is 13.0 Å². The van der Waals surface area contributed by atoms with E-state index in [0.29, 0.717) is 16.3 Å². The standard InChI is InChI=1S/C16H13BrClFO2/c1-9-7-12(17)8-14(18)16(9)21-10(2)15(20)11-3-5-13(19)6-4-11/h3-8,10H,1-2H3. The summed E-state index contributed by atoms with van der Waals surface area (Å²) in [6, 6.07) is 8.94. The van der Waals surface area contributed by atoms with E-state index in [1.807, 2.05) is 13.0 Å². The van der Waals surface area contributed by atoms with Crippen LogP contribution in [0.5, 0.6) is 5.75 Å². The highest BCUT2D eigenvalue weighted by molar-refractivity contribution is 9.10. The zero-order valence-corrected chi connectivity index (χ0v) is 13.8. The molecule has 1 unspecified atom stereocenters. The predicted molar refractivity (Wildman–Crippen MR) is 84.7 cm³/mol. The van der Waals surface area contributed by atoms with Gasteiger partial charge in [-0.05, 0) is 55.8 Å². The fraction of sp³-hybridized carbons (Fsp3) is 0.188. The Hall–Kier alpha value is -1.39. The Morgan fingerprint density at radius 3 is 2.48 bits per heavy atom. The summed E-state index contributed by atoms with van der Waals surface area (Å²) in [4.78, 5) is 12.3. The lowest BCUT2D eigenvalue weighted by atomic mass is 10.1. The molecule has 0 saturated heterocycles. The van der Waals surface area contributed by atoms with E-state index < -0.39 is 6.10 Å². The lowest BCUT2D eigenvalue weighted by molar-refractivity contribution is 0.0817. The second-order valence-electron chi connectivity index (χ2n) is 4.66. The predicted octanol–water partition coefficient (Wildman–Crippen LogP) is 5.20. The van der Waals surface area contributed by atoms with Gasteiger partial charge in [0.2, 0.25) is 5.78 Å². The molecule has 110 valence electrons.